The highest BCUT2D eigenvalue weighted by molar-refractivity contribution is 7.10. The first-order chi connectivity index (χ1) is 8.18. The van der Waals surface area contributed by atoms with E-state index >= 15 is 0 Å². The monoisotopic (exact) mass is 246 g/mol. The number of hydrogen-bond acceptors (Lipinski definition) is 3. The molecule has 0 amide bonds. The molecule has 1 aromatic heterocycles. The molecule has 1 aromatic carbocycles. The Labute approximate surface area is 107 Å². The fourth-order valence-corrected chi connectivity index (χ4v) is 2.68. The van der Waals surface area contributed by atoms with Crippen molar-refractivity contribution in [2.45, 2.75) is 19.5 Å². The second kappa shape index (κ2) is 5.34. The summed E-state index contributed by atoms with van der Waals surface area (Å²) in [5.41, 5.74) is 8.03. The standard InChI is InChI=1S/C14H18N2S/c1-11(14-8-5-9-17-14)16(2)10-12-6-3-4-7-13(12)15/h3-9,11H,10,15H2,1-2H3. The zero-order valence-corrected chi connectivity index (χ0v) is 11.1. The van der Waals surface area contributed by atoms with E-state index in [2.05, 4.69) is 42.5 Å². The molecule has 90 valence electrons. The smallest absolute Gasteiger partial charge is 0.0413 e. The Morgan fingerprint density at radius 3 is 2.65 bits per heavy atom. The van der Waals surface area contributed by atoms with Crippen LogP contribution in [-0.4, -0.2) is 11.9 Å². The van der Waals surface area contributed by atoms with Crippen molar-refractivity contribution >= 4 is 17.0 Å². The van der Waals surface area contributed by atoms with Crippen molar-refractivity contribution in [3.8, 4) is 0 Å². The normalized spacial score (nSPS) is 12.9. The Balaban J connectivity index is 2.07. The third-order valence-corrected chi connectivity index (χ3v) is 4.13. The molecule has 1 unspecified atom stereocenters. The number of nitrogen functional groups attached to an aromatic ring is 1. The Bertz CT molecular complexity index is 465. The van der Waals surface area contributed by atoms with E-state index in [1.165, 1.54) is 10.4 Å². The van der Waals surface area contributed by atoms with Crippen molar-refractivity contribution in [1.29, 1.82) is 0 Å². The summed E-state index contributed by atoms with van der Waals surface area (Å²) in [6, 6.07) is 12.8. The fraction of sp³-hybridized carbons (Fsp3) is 0.286. The minimum absolute atomic E-state index is 0.426. The predicted molar refractivity (Wildman–Crippen MR) is 75.1 cm³/mol. The van der Waals surface area contributed by atoms with Gasteiger partial charge in [0.05, 0.1) is 0 Å². The van der Waals surface area contributed by atoms with Crippen LogP contribution in [0.15, 0.2) is 41.8 Å². The van der Waals surface area contributed by atoms with E-state index in [1.54, 1.807) is 11.3 Å². The SMILES string of the molecule is CC(c1cccs1)N(C)Cc1ccccc1N. The average molecular weight is 246 g/mol. The van der Waals surface area contributed by atoms with Gasteiger partial charge >= 0.3 is 0 Å². The van der Waals surface area contributed by atoms with Gasteiger partial charge in [-0.3, -0.25) is 4.90 Å². The van der Waals surface area contributed by atoms with E-state index in [-0.39, 0.29) is 0 Å². The molecule has 1 atom stereocenters. The zero-order valence-electron chi connectivity index (χ0n) is 10.3. The summed E-state index contributed by atoms with van der Waals surface area (Å²) in [6.07, 6.45) is 0. The van der Waals surface area contributed by atoms with Crippen LogP contribution in [0.2, 0.25) is 0 Å². The largest absolute Gasteiger partial charge is 0.398 e. The summed E-state index contributed by atoms with van der Waals surface area (Å²) in [7, 11) is 2.14. The maximum Gasteiger partial charge on any atom is 0.0413 e. The van der Waals surface area contributed by atoms with Crippen molar-refractivity contribution in [2.75, 3.05) is 12.8 Å². The van der Waals surface area contributed by atoms with Crippen LogP contribution >= 0.6 is 11.3 Å². The Morgan fingerprint density at radius 1 is 1.24 bits per heavy atom. The molecule has 0 radical (unpaired) electrons. The lowest BCUT2D eigenvalue weighted by atomic mass is 10.1. The molecule has 2 aromatic rings. The molecule has 3 heteroatoms. The number of anilines is 1. The van der Waals surface area contributed by atoms with Gasteiger partial charge in [0, 0.05) is 23.2 Å². The topological polar surface area (TPSA) is 29.3 Å². The van der Waals surface area contributed by atoms with Crippen LogP contribution in [0.3, 0.4) is 0 Å². The molecular formula is C14H18N2S. The van der Waals surface area contributed by atoms with Gasteiger partial charge in [-0.15, -0.1) is 11.3 Å². The van der Waals surface area contributed by atoms with E-state index in [0.29, 0.717) is 6.04 Å². The highest BCUT2D eigenvalue weighted by Crippen LogP contribution is 2.25. The quantitative estimate of drug-likeness (QED) is 0.836. The lowest BCUT2D eigenvalue weighted by Crippen LogP contribution is -2.21. The second-order valence-corrected chi connectivity index (χ2v) is 5.28. The molecule has 2 rings (SSSR count). The molecule has 2 nitrogen and oxygen atoms in total. The van der Waals surface area contributed by atoms with Crippen molar-refractivity contribution in [1.82, 2.24) is 4.90 Å². The van der Waals surface area contributed by atoms with Gasteiger partial charge in [-0.25, -0.2) is 0 Å². The lowest BCUT2D eigenvalue weighted by molar-refractivity contribution is 0.257. The number of hydrogen-bond donors (Lipinski definition) is 1. The highest BCUT2D eigenvalue weighted by Gasteiger charge is 2.13. The molecule has 0 aliphatic rings. The highest BCUT2D eigenvalue weighted by atomic mass is 32.1. The Hall–Kier alpha value is -1.32. The lowest BCUT2D eigenvalue weighted by Gasteiger charge is -2.24. The number of nitrogens with zero attached hydrogens (tertiary/aromatic N) is 1. The van der Waals surface area contributed by atoms with Gasteiger partial charge in [-0.1, -0.05) is 24.3 Å². The van der Waals surface area contributed by atoms with Crippen LogP contribution in [0.1, 0.15) is 23.4 Å². The molecule has 0 bridgehead atoms. The molecule has 0 saturated carbocycles. The molecule has 0 aliphatic carbocycles. The Kier molecular flexibility index (Phi) is 3.82. The number of para-hydroxylation sites is 1. The summed E-state index contributed by atoms with van der Waals surface area (Å²) in [5, 5.41) is 2.12. The fourth-order valence-electron chi connectivity index (χ4n) is 1.83. The van der Waals surface area contributed by atoms with Crippen LogP contribution in [0.5, 0.6) is 0 Å². The molecule has 17 heavy (non-hydrogen) atoms. The minimum Gasteiger partial charge on any atom is -0.398 e. The van der Waals surface area contributed by atoms with Gasteiger partial charge in [-0.05, 0) is 37.0 Å². The summed E-state index contributed by atoms with van der Waals surface area (Å²) >= 11 is 1.80. The molecule has 0 spiro atoms. The first kappa shape index (κ1) is 12.1. The van der Waals surface area contributed by atoms with Gasteiger partial charge in [-0.2, -0.15) is 0 Å². The number of benzene rings is 1. The summed E-state index contributed by atoms with van der Waals surface area (Å²) < 4.78 is 0. The van der Waals surface area contributed by atoms with Crippen LogP contribution in [0.4, 0.5) is 5.69 Å². The van der Waals surface area contributed by atoms with Crippen molar-refractivity contribution in [3.05, 3.63) is 52.2 Å². The number of rotatable bonds is 4. The maximum absolute atomic E-state index is 5.96. The van der Waals surface area contributed by atoms with Crippen molar-refractivity contribution < 1.29 is 0 Å². The molecule has 0 aliphatic heterocycles. The molecular weight excluding hydrogens is 228 g/mol. The van der Waals surface area contributed by atoms with E-state index in [1.807, 2.05) is 18.2 Å². The molecule has 2 N–H and O–H groups in total. The summed E-state index contributed by atoms with van der Waals surface area (Å²) in [6.45, 7) is 3.11. The molecule has 0 saturated heterocycles. The van der Waals surface area contributed by atoms with Crippen LogP contribution < -0.4 is 5.73 Å². The molecule has 1 heterocycles. The minimum atomic E-state index is 0.426. The first-order valence-corrected chi connectivity index (χ1v) is 6.63. The van der Waals surface area contributed by atoms with E-state index in [4.69, 9.17) is 5.73 Å². The summed E-state index contributed by atoms with van der Waals surface area (Å²) in [5.74, 6) is 0. The van der Waals surface area contributed by atoms with E-state index < -0.39 is 0 Å². The van der Waals surface area contributed by atoms with Gasteiger partial charge in [0.25, 0.3) is 0 Å². The average Bonchev–Trinajstić information content (AvgIpc) is 2.84. The zero-order chi connectivity index (χ0) is 12.3. The second-order valence-electron chi connectivity index (χ2n) is 4.31. The van der Waals surface area contributed by atoms with Gasteiger partial charge < -0.3 is 5.73 Å². The maximum atomic E-state index is 5.96. The van der Waals surface area contributed by atoms with Gasteiger partial charge in [0.15, 0.2) is 0 Å². The van der Waals surface area contributed by atoms with Crippen LogP contribution in [-0.2, 0) is 6.54 Å². The third kappa shape index (κ3) is 2.87. The van der Waals surface area contributed by atoms with E-state index in [9.17, 15) is 0 Å². The summed E-state index contributed by atoms with van der Waals surface area (Å²) in [4.78, 5) is 3.71. The predicted octanol–water partition coefficient (Wildman–Crippen LogP) is 3.52. The number of nitrogens with two attached hydrogens (primary N) is 1. The van der Waals surface area contributed by atoms with Crippen molar-refractivity contribution in [2.24, 2.45) is 0 Å². The van der Waals surface area contributed by atoms with Crippen LogP contribution in [0, 0.1) is 0 Å². The Morgan fingerprint density at radius 2 is 2.00 bits per heavy atom. The number of thiophene rings is 1. The molecule has 0 fully saturated rings. The van der Waals surface area contributed by atoms with E-state index in [0.717, 1.165) is 12.2 Å². The third-order valence-electron chi connectivity index (χ3n) is 3.09. The van der Waals surface area contributed by atoms with Crippen molar-refractivity contribution in [3.63, 3.8) is 0 Å². The van der Waals surface area contributed by atoms with Crippen LogP contribution in [0.25, 0.3) is 0 Å². The van der Waals surface area contributed by atoms with Gasteiger partial charge in [0.2, 0.25) is 0 Å². The van der Waals surface area contributed by atoms with Gasteiger partial charge in [0.1, 0.15) is 0 Å². The first-order valence-electron chi connectivity index (χ1n) is 5.75.